The van der Waals surface area contributed by atoms with Gasteiger partial charge in [-0.3, -0.25) is 4.72 Å². The molecule has 0 saturated heterocycles. The smallest absolute Gasteiger partial charge is 0.263 e. The Morgan fingerprint density at radius 3 is 2.48 bits per heavy atom. The second kappa shape index (κ2) is 6.00. The summed E-state index contributed by atoms with van der Waals surface area (Å²) in [6.45, 7) is 0. The van der Waals surface area contributed by atoms with Crippen LogP contribution in [0.2, 0.25) is 10.0 Å². The molecule has 0 aliphatic heterocycles. The SMILES string of the molecule is Nc1cc(S(=O)(=O)Nc2cc(Br)ccc2Cl)c(Cl)cc1F. The lowest BCUT2D eigenvalue weighted by Crippen LogP contribution is -2.14. The molecule has 0 unspecified atom stereocenters. The Bertz CT molecular complexity index is 815. The lowest BCUT2D eigenvalue weighted by atomic mass is 10.3. The highest BCUT2D eigenvalue weighted by molar-refractivity contribution is 9.10. The fourth-order valence-corrected chi connectivity index (χ4v) is 3.73. The summed E-state index contributed by atoms with van der Waals surface area (Å²) >= 11 is 14.9. The maximum Gasteiger partial charge on any atom is 0.263 e. The van der Waals surface area contributed by atoms with Crippen LogP contribution in [-0.2, 0) is 10.0 Å². The molecule has 0 amide bonds. The van der Waals surface area contributed by atoms with E-state index in [-0.39, 0.29) is 26.3 Å². The number of rotatable bonds is 3. The monoisotopic (exact) mass is 412 g/mol. The molecule has 2 aromatic rings. The Morgan fingerprint density at radius 1 is 1.14 bits per heavy atom. The molecule has 0 spiro atoms. The van der Waals surface area contributed by atoms with Gasteiger partial charge >= 0.3 is 0 Å². The summed E-state index contributed by atoms with van der Waals surface area (Å²) in [5.74, 6) is -0.792. The zero-order chi connectivity index (χ0) is 15.8. The van der Waals surface area contributed by atoms with Crippen LogP contribution in [0.3, 0.4) is 0 Å². The number of hydrogen-bond acceptors (Lipinski definition) is 3. The molecule has 0 aromatic heterocycles. The normalized spacial score (nSPS) is 11.4. The summed E-state index contributed by atoms with van der Waals surface area (Å²) in [5, 5.41) is -0.0756. The van der Waals surface area contributed by atoms with E-state index in [0.29, 0.717) is 4.47 Å². The summed E-state index contributed by atoms with van der Waals surface area (Å²) in [4.78, 5) is -0.334. The third-order valence-corrected chi connectivity index (χ3v) is 5.17. The van der Waals surface area contributed by atoms with Crippen molar-refractivity contribution in [1.29, 1.82) is 0 Å². The minimum atomic E-state index is -4.06. The summed E-state index contributed by atoms with van der Waals surface area (Å²) < 4.78 is 40.8. The number of nitrogens with one attached hydrogen (secondary N) is 1. The van der Waals surface area contributed by atoms with E-state index in [2.05, 4.69) is 20.7 Å². The van der Waals surface area contributed by atoms with Crippen LogP contribution in [0.1, 0.15) is 0 Å². The molecular formula is C12H8BrCl2FN2O2S. The molecule has 3 N–H and O–H groups in total. The van der Waals surface area contributed by atoms with Crippen LogP contribution < -0.4 is 10.5 Å². The zero-order valence-electron chi connectivity index (χ0n) is 10.2. The molecule has 0 bridgehead atoms. The Labute approximate surface area is 139 Å². The van der Waals surface area contributed by atoms with Crippen LogP contribution in [0.4, 0.5) is 15.8 Å². The first-order valence-electron chi connectivity index (χ1n) is 5.43. The maximum absolute atomic E-state index is 13.2. The van der Waals surface area contributed by atoms with Crippen molar-refractivity contribution in [3.8, 4) is 0 Å². The maximum atomic E-state index is 13.2. The topological polar surface area (TPSA) is 72.2 Å². The van der Waals surface area contributed by atoms with Gasteiger partial charge in [-0.15, -0.1) is 0 Å². The van der Waals surface area contributed by atoms with Crippen molar-refractivity contribution in [2.24, 2.45) is 0 Å². The first kappa shape index (κ1) is 16.4. The molecule has 0 atom stereocenters. The van der Waals surface area contributed by atoms with Crippen LogP contribution in [0.25, 0.3) is 0 Å². The van der Waals surface area contributed by atoms with Crippen molar-refractivity contribution in [2.75, 3.05) is 10.5 Å². The van der Waals surface area contributed by atoms with E-state index in [1.54, 1.807) is 6.07 Å². The third-order valence-electron chi connectivity index (χ3n) is 2.51. The van der Waals surface area contributed by atoms with Gasteiger partial charge in [0, 0.05) is 4.47 Å². The van der Waals surface area contributed by atoms with Crippen LogP contribution >= 0.6 is 39.1 Å². The van der Waals surface area contributed by atoms with Crippen molar-refractivity contribution in [2.45, 2.75) is 4.90 Å². The highest BCUT2D eigenvalue weighted by atomic mass is 79.9. The van der Waals surface area contributed by atoms with E-state index < -0.39 is 15.8 Å². The van der Waals surface area contributed by atoms with Gasteiger partial charge in [0.15, 0.2) is 0 Å². The van der Waals surface area contributed by atoms with Crippen LogP contribution in [0.5, 0.6) is 0 Å². The molecule has 0 heterocycles. The molecule has 4 nitrogen and oxygen atoms in total. The van der Waals surface area contributed by atoms with Gasteiger partial charge in [0.25, 0.3) is 10.0 Å². The Hall–Kier alpha value is -1.02. The van der Waals surface area contributed by atoms with Crippen molar-refractivity contribution in [3.63, 3.8) is 0 Å². The van der Waals surface area contributed by atoms with Crippen molar-refractivity contribution in [1.82, 2.24) is 0 Å². The average molecular weight is 414 g/mol. The highest BCUT2D eigenvalue weighted by Crippen LogP contribution is 2.31. The van der Waals surface area contributed by atoms with E-state index in [9.17, 15) is 12.8 Å². The van der Waals surface area contributed by atoms with E-state index >= 15 is 0 Å². The van der Waals surface area contributed by atoms with E-state index in [0.717, 1.165) is 12.1 Å². The zero-order valence-corrected chi connectivity index (χ0v) is 14.1. The molecule has 2 rings (SSSR count). The minimum absolute atomic E-state index is 0.157. The molecule has 0 aliphatic carbocycles. The second-order valence-electron chi connectivity index (χ2n) is 4.03. The fraction of sp³-hybridized carbons (Fsp3) is 0. The predicted molar refractivity (Wildman–Crippen MR) is 85.8 cm³/mol. The van der Waals surface area contributed by atoms with Gasteiger partial charge in [0.1, 0.15) is 10.7 Å². The summed E-state index contributed by atoms with van der Waals surface area (Å²) in [6, 6.07) is 6.45. The van der Waals surface area contributed by atoms with E-state index in [1.165, 1.54) is 12.1 Å². The number of nitrogen functional groups attached to an aromatic ring is 1. The first-order chi connectivity index (χ1) is 9.70. The van der Waals surface area contributed by atoms with Gasteiger partial charge in [-0.05, 0) is 30.3 Å². The fourth-order valence-electron chi connectivity index (χ4n) is 1.53. The van der Waals surface area contributed by atoms with Gasteiger partial charge in [0.2, 0.25) is 0 Å². The third kappa shape index (κ3) is 3.60. The Balaban J connectivity index is 2.48. The molecule has 21 heavy (non-hydrogen) atoms. The minimum Gasteiger partial charge on any atom is -0.396 e. The number of nitrogens with two attached hydrogens (primary N) is 1. The number of hydrogen-bond donors (Lipinski definition) is 2. The van der Waals surface area contributed by atoms with Crippen molar-refractivity contribution < 1.29 is 12.8 Å². The van der Waals surface area contributed by atoms with E-state index in [1.807, 2.05) is 0 Å². The Kier molecular flexibility index (Phi) is 4.67. The Morgan fingerprint density at radius 2 is 1.81 bits per heavy atom. The first-order valence-corrected chi connectivity index (χ1v) is 8.46. The van der Waals surface area contributed by atoms with Crippen molar-refractivity contribution >= 4 is 60.5 Å². The highest BCUT2D eigenvalue weighted by Gasteiger charge is 2.21. The summed E-state index contributed by atoms with van der Waals surface area (Å²) in [6.07, 6.45) is 0. The van der Waals surface area contributed by atoms with Gasteiger partial charge in [-0.1, -0.05) is 39.1 Å². The number of anilines is 2. The molecule has 0 aliphatic rings. The molecular weight excluding hydrogens is 406 g/mol. The quantitative estimate of drug-likeness (QED) is 0.737. The number of halogens is 4. The second-order valence-corrected chi connectivity index (χ2v) is 7.41. The molecule has 9 heteroatoms. The standard InChI is InChI=1S/C12H8BrCl2FN2O2S/c13-6-1-2-7(14)11(3-6)18-21(19,20)12-5-10(17)9(16)4-8(12)15/h1-5,18H,17H2. The lowest BCUT2D eigenvalue weighted by molar-refractivity contribution is 0.600. The van der Waals surface area contributed by atoms with Crippen molar-refractivity contribution in [3.05, 3.63) is 50.7 Å². The van der Waals surface area contributed by atoms with Crippen LogP contribution in [0, 0.1) is 5.82 Å². The molecule has 0 fully saturated rings. The van der Waals surface area contributed by atoms with Gasteiger partial charge in [-0.2, -0.15) is 0 Å². The van der Waals surface area contributed by atoms with Gasteiger partial charge < -0.3 is 5.73 Å². The summed E-state index contributed by atoms with van der Waals surface area (Å²) in [7, 11) is -4.06. The molecule has 112 valence electrons. The number of sulfonamides is 1. The summed E-state index contributed by atoms with van der Waals surface area (Å²) in [5.41, 5.74) is 5.21. The number of benzene rings is 2. The van der Waals surface area contributed by atoms with Gasteiger partial charge in [-0.25, -0.2) is 12.8 Å². The van der Waals surface area contributed by atoms with Gasteiger partial charge in [0.05, 0.1) is 21.4 Å². The average Bonchev–Trinajstić information content (AvgIpc) is 2.37. The largest absolute Gasteiger partial charge is 0.396 e. The van der Waals surface area contributed by atoms with Crippen LogP contribution in [0.15, 0.2) is 39.7 Å². The molecule has 2 aromatic carbocycles. The predicted octanol–water partition coefficient (Wildman–Crippen LogP) is 4.28. The molecule has 0 saturated carbocycles. The van der Waals surface area contributed by atoms with Crippen LogP contribution in [-0.4, -0.2) is 8.42 Å². The lowest BCUT2D eigenvalue weighted by Gasteiger charge is -2.12. The van der Waals surface area contributed by atoms with E-state index in [4.69, 9.17) is 28.9 Å². The molecule has 0 radical (unpaired) electrons.